The molecule has 1 aliphatic rings. The van der Waals surface area contributed by atoms with Gasteiger partial charge in [0.15, 0.2) is 0 Å². The van der Waals surface area contributed by atoms with Crippen molar-refractivity contribution in [3.63, 3.8) is 0 Å². The van der Waals surface area contributed by atoms with Crippen molar-refractivity contribution in [3.8, 4) is 11.4 Å². The molecule has 144 valence electrons. The van der Waals surface area contributed by atoms with Gasteiger partial charge in [0.05, 0.1) is 6.61 Å². The van der Waals surface area contributed by atoms with Crippen LogP contribution in [0.4, 0.5) is 5.82 Å². The number of benzene rings is 1. The van der Waals surface area contributed by atoms with Crippen LogP contribution in [0.2, 0.25) is 5.02 Å². The van der Waals surface area contributed by atoms with Crippen LogP contribution in [0.25, 0.3) is 11.4 Å². The summed E-state index contributed by atoms with van der Waals surface area (Å²) in [5.41, 5.74) is 2.39. The van der Waals surface area contributed by atoms with Gasteiger partial charge in [0.1, 0.15) is 17.7 Å². The van der Waals surface area contributed by atoms with Gasteiger partial charge in [-0.15, -0.1) is 0 Å². The molecule has 0 aliphatic carbocycles. The average Bonchev–Trinajstić information content (AvgIpc) is 2.74. The Bertz CT molecular complexity index is 1020. The number of aromatic amines is 1. The zero-order valence-corrected chi connectivity index (χ0v) is 16.3. The van der Waals surface area contributed by atoms with E-state index in [1.807, 2.05) is 43.3 Å². The van der Waals surface area contributed by atoms with Crippen LogP contribution in [0.15, 0.2) is 53.5 Å². The van der Waals surface area contributed by atoms with Crippen molar-refractivity contribution in [2.75, 3.05) is 24.6 Å². The Kier molecular flexibility index (Phi) is 5.41. The van der Waals surface area contributed by atoms with Gasteiger partial charge in [-0.3, -0.25) is 4.79 Å². The van der Waals surface area contributed by atoms with E-state index >= 15 is 0 Å². The highest BCUT2D eigenvalue weighted by atomic mass is 35.5. The molecular weight excluding hydrogens is 376 g/mol. The number of hydrogen-bond acceptors (Lipinski definition) is 5. The number of morpholine rings is 1. The van der Waals surface area contributed by atoms with E-state index in [4.69, 9.17) is 16.3 Å². The first-order chi connectivity index (χ1) is 13.6. The molecule has 1 unspecified atom stereocenters. The van der Waals surface area contributed by atoms with E-state index in [2.05, 4.69) is 19.9 Å². The molecule has 1 fully saturated rings. The predicted molar refractivity (Wildman–Crippen MR) is 110 cm³/mol. The maximum absolute atomic E-state index is 11.8. The number of aromatic nitrogens is 3. The number of aryl methyl sites for hydroxylation is 1. The average molecular weight is 397 g/mol. The number of pyridine rings is 1. The molecule has 7 heteroatoms. The topological polar surface area (TPSA) is 71.1 Å². The summed E-state index contributed by atoms with van der Waals surface area (Å²) in [4.78, 5) is 25.8. The van der Waals surface area contributed by atoms with E-state index in [9.17, 15) is 4.79 Å². The Morgan fingerprint density at radius 1 is 1.29 bits per heavy atom. The number of nitrogens with one attached hydrogen (secondary N) is 1. The fourth-order valence-corrected chi connectivity index (χ4v) is 3.58. The van der Waals surface area contributed by atoms with Gasteiger partial charge >= 0.3 is 0 Å². The molecule has 0 amide bonds. The van der Waals surface area contributed by atoms with Gasteiger partial charge in [0.2, 0.25) is 0 Å². The summed E-state index contributed by atoms with van der Waals surface area (Å²) in [6, 6.07) is 13.2. The molecule has 1 atom stereocenters. The highest BCUT2D eigenvalue weighted by molar-refractivity contribution is 6.31. The van der Waals surface area contributed by atoms with Gasteiger partial charge in [-0.1, -0.05) is 36.7 Å². The van der Waals surface area contributed by atoms with Crippen LogP contribution in [0.1, 0.15) is 24.3 Å². The van der Waals surface area contributed by atoms with E-state index in [0.29, 0.717) is 30.4 Å². The second kappa shape index (κ2) is 8.12. The molecule has 2 aromatic heterocycles. The van der Waals surface area contributed by atoms with Crippen LogP contribution in [-0.2, 0) is 11.2 Å². The summed E-state index contributed by atoms with van der Waals surface area (Å²) in [5.74, 6) is 1.40. The predicted octanol–water partition coefficient (Wildman–Crippen LogP) is 3.63. The Hall–Kier alpha value is -2.70. The third-order valence-corrected chi connectivity index (χ3v) is 5.17. The largest absolute Gasteiger partial charge is 0.370 e. The van der Waals surface area contributed by atoms with E-state index in [0.717, 1.165) is 29.2 Å². The quantitative estimate of drug-likeness (QED) is 0.729. The minimum atomic E-state index is -0.151. The monoisotopic (exact) mass is 396 g/mol. The second-order valence-electron chi connectivity index (χ2n) is 6.67. The van der Waals surface area contributed by atoms with Crippen molar-refractivity contribution >= 4 is 17.4 Å². The van der Waals surface area contributed by atoms with Gasteiger partial charge in [0.25, 0.3) is 5.56 Å². The third-order valence-electron chi connectivity index (χ3n) is 4.82. The number of anilines is 1. The van der Waals surface area contributed by atoms with Crippen molar-refractivity contribution in [3.05, 3.63) is 75.3 Å². The number of halogens is 1. The lowest BCUT2D eigenvalue weighted by molar-refractivity contribution is 0.0396. The Labute approximate surface area is 168 Å². The summed E-state index contributed by atoms with van der Waals surface area (Å²) in [5, 5.41) is 0.712. The number of H-pyrrole nitrogens is 1. The van der Waals surface area contributed by atoms with Gasteiger partial charge < -0.3 is 14.6 Å². The molecule has 1 aromatic carbocycles. The molecule has 0 spiro atoms. The fourth-order valence-electron chi connectivity index (χ4n) is 3.32. The Morgan fingerprint density at radius 3 is 2.89 bits per heavy atom. The lowest BCUT2D eigenvalue weighted by Crippen LogP contribution is -2.38. The molecule has 3 heterocycles. The molecule has 3 aromatic rings. The minimum Gasteiger partial charge on any atom is -0.370 e. The van der Waals surface area contributed by atoms with Gasteiger partial charge in [-0.05, 0) is 24.6 Å². The first-order valence-electron chi connectivity index (χ1n) is 9.31. The van der Waals surface area contributed by atoms with Crippen molar-refractivity contribution in [1.29, 1.82) is 0 Å². The van der Waals surface area contributed by atoms with E-state index < -0.39 is 0 Å². The van der Waals surface area contributed by atoms with Crippen molar-refractivity contribution in [2.24, 2.45) is 0 Å². The lowest BCUT2D eigenvalue weighted by atomic mass is 10.1. The summed E-state index contributed by atoms with van der Waals surface area (Å²) in [6.07, 6.45) is 2.36. The zero-order chi connectivity index (χ0) is 19.5. The maximum Gasteiger partial charge on any atom is 0.251 e. The molecular formula is C21H21ClN4O2. The normalized spacial score (nSPS) is 16.9. The van der Waals surface area contributed by atoms with Crippen LogP contribution in [-0.4, -0.2) is 34.6 Å². The highest BCUT2D eigenvalue weighted by Gasteiger charge is 2.24. The lowest BCUT2D eigenvalue weighted by Gasteiger charge is -2.34. The van der Waals surface area contributed by atoms with Crippen LogP contribution in [0, 0.1) is 0 Å². The van der Waals surface area contributed by atoms with E-state index in [1.165, 1.54) is 6.07 Å². The molecule has 1 aliphatic heterocycles. The van der Waals surface area contributed by atoms with Crippen molar-refractivity contribution in [2.45, 2.75) is 19.4 Å². The first-order valence-corrected chi connectivity index (χ1v) is 9.69. The van der Waals surface area contributed by atoms with Crippen molar-refractivity contribution in [1.82, 2.24) is 15.0 Å². The summed E-state index contributed by atoms with van der Waals surface area (Å²) in [6.45, 7) is 4.01. The fraction of sp³-hybridized carbons (Fsp3) is 0.286. The third kappa shape index (κ3) is 3.93. The SMILES string of the molecule is CCc1cc(=O)[nH]c(-c2ccc(N3CCOC(c4ccccc4Cl)C3)nc2)n1. The second-order valence-corrected chi connectivity index (χ2v) is 7.08. The smallest absolute Gasteiger partial charge is 0.251 e. The van der Waals surface area contributed by atoms with E-state index in [1.54, 1.807) is 6.20 Å². The zero-order valence-electron chi connectivity index (χ0n) is 15.6. The summed E-state index contributed by atoms with van der Waals surface area (Å²) < 4.78 is 5.92. The molecule has 0 radical (unpaired) electrons. The molecule has 1 N–H and O–H groups in total. The number of hydrogen-bond donors (Lipinski definition) is 1. The van der Waals surface area contributed by atoms with Crippen molar-refractivity contribution < 1.29 is 4.74 Å². The number of ether oxygens (including phenoxy) is 1. The summed E-state index contributed by atoms with van der Waals surface area (Å²) in [7, 11) is 0. The van der Waals surface area contributed by atoms with Crippen LogP contribution < -0.4 is 10.5 Å². The van der Waals surface area contributed by atoms with Gasteiger partial charge in [-0.2, -0.15) is 0 Å². The standard InChI is InChI=1S/C21H21ClN4O2/c1-2-15-11-20(27)25-21(24-15)14-7-8-19(23-12-14)26-9-10-28-18(13-26)16-5-3-4-6-17(16)22/h3-8,11-12,18H,2,9-10,13H2,1H3,(H,24,25,27). The van der Waals surface area contributed by atoms with Gasteiger partial charge in [-0.25, -0.2) is 9.97 Å². The van der Waals surface area contributed by atoms with Crippen LogP contribution in [0.5, 0.6) is 0 Å². The summed E-state index contributed by atoms with van der Waals surface area (Å²) >= 11 is 6.33. The van der Waals surface area contributed by atoms with Gasteiger partial charge in [0, 0.05) is 47.2 Å². The highest BCUT2D eigenvalue weighted by Crippen LogP contribution is 2.30. The first kappa shape index (κ1) is 18.7. The number of rotatable bonds is 4. The van der Waals surface area contributed by atoms with Crippen LogP contribution in [0.3, 0.4) is 0 Å². The molecule has 6 nitrogen and oxygen atoms in total. The van der Waals surface area contributed by atoms with E-state index in [-0.39, 0.29) is 11.7 Å². The Morgan fingerprint density at radius 2 is 2.14 bits per heavy atom. The van der Waals surface area contributed by atoms with Crippen LogP contribution >= 0.6 is 11.6 Å². The molecule has 28 heavy (non-hydrogen) atoms. The molecule has 4 rings (SSSR count). The molecule has 1 saturated heterocycles. The Balaban J connectivity index is 1.55. The maximum atomic E-state index is 11.8. The number of nitrogens with zero attached hydrogens (tertiary/aromatic N) is 3. The molecule has 0 saturated carbocycles. The molecule has 0 bridgehead atoms. The minimum absolute atomic E-state index is 0.0943.